The van der Waals surface area contributed by atoms with Crippen molar-refractivity contribution in [3.63, 3.8) is 0 Å². The minimum absolute atomic E-state index is 0.0855. The van der Waals surface area contributed by atoms with E-state index in [1.807, 2.05) is 45.0 Å². The number of hydrogen-bond donors (Lipinski definition) is 2. The van der Waals surface area contributed by atoms with Crippen molar-refractivity contribution in [2.45, 2.75) is 38.2 Å². The molecule has 1 atom stereocenters. The Bertz CT molecular complexity index is 648. The van der Waals surface area contributed by atoms with Crippen LogP contribution in [0.15, 0.2) is 40.9 Å². The number of thioether (sulfide) groups is 1. The van der Waals surface area contributed by atoms with E-state index < -0.39 is 5.60 Å². The summed E-state index contributed by atoms with van der Waals surface area (Å²) in [4.78, 5) is 17.1. The molecular formula is C17H22N2O2S2. The first-order chi connectivity index (χ1) is 10.7. The summed E-state index contributed by atoms with van der Waals surface area (Å²) in [5.41, 5.74) is 1.27. The van der Waals surface area contributed by atoms with Crippen molar-refractivity contribution >= 4 is 34.7 Å². The lowest BCUT2D eigenvalue weighted by atomic mass is 9.77. The Morgan fingerprint density at radius 1 is 1.30 bits per heavy atom. The minimum Gasteiger partial charge on any atom is -0.383 e. The molecule has 0 fully saturated rings. The molecule has 1 heterocycles. The maximum atomic E-state index is 11.2. The molecule has 23 heavy (non-hydrogen) atoms. The molecule has 2 rings (SSSR count). The molecule has 1 aromatic carbocycles. The van der Waals surface area contributed by atoms with E-state index in [1.54, 1.807) is 23.5 Å². The molecule has 124 valence electrons. The SMILES string of the molecule is CC(=O)Nc1ccc(SCC(O)(c2cncs2)C(C)(C)C)cc1. The molecule has 2 N–H and O–H groups in total. The predicted octanol–water partition coefficient (Wildman–Crippen LogP) is 4.13. The van der Waals surface area contributed by atoms with Gasteiger partial charge < -0.3 is 10.4 Å². The number of amides is 1. The van der Waals surface area contributed by atoms with Gasteiger partial charge in [-0.05, 0) is 29.7 Å². The standard InChI is InChI=1S/C17H22N2O2S2/c1-12(20)19-13-5-7-14(8-6-13)22-10-17(21,16(2,3)4)15-9-18-11-23-15/h5-9,11,21H,10H2,1-4H3,(H,19,20). The first kappa shape index (κ1) is 18.0. The van der Waals surface area contributed by atoms with Crippen molar-refractivity contribution in [2.75, 3.05) is 11.1 Å². The molecule has 6 heteroatoms. The topological polar surface area (TPSA) is 62.2 Å². The minimum atomic E-state index is -0.949. The van der Waals surface area contributed by atoms with E-state index in [0.717, 1.165) is 15.5 Å². The molecule has 0 spiro atoms. The van der Waals surface area contributed by atoms with Gasteiger partial charge in [0.05, 0.1) is 10.4 Å². The highest BCUT2D eigenvalue weighted by Gasteiger charge is 2.42. The Labute approximate surface area is 145 Å². The van der Waals surface area contributed by atoms with Gasteiger partial charge in [0.25, 0.3) is 0 Å². The van der Waals surface area contributed by atoms with E-state index in [1.165, 1.54) is 18.3 Å². The molecule has 0 aliphatic heterocycles. The van der Waals surface area contributed by atoms with Crippen LogP contribution in [0.1, 0.15) is 32.6 Å². The molecule has 0 aliphatic rings. The zero-order valence-electron chi connectivity index (χ0n) is 13.8. The maximum absolute atomic E-state index is 11.2. The Kier molecular flexibility index (Phi) is 5.49. The van der Waals surface area contributed by atoms with Crippen LogP contribution < -0.4 is 5.32 Å². The Hall–Kier alpha value is -1.37. The summed E-state index contributed by atoms with van der Waals surface area (Å²) < 4.78 is 0. The van der Waals surface area contributed by atoms with Crippen LogP contribution in [-0.4, -0.2) is 21.8 Å². The molecule has 2 aromatic rings. The number of rotatable bonds is 5. The molecule has 0 bridgehead atoms. The third-order valence-electron chi connectivity index (χ3n) is 3.70. The van der Waals surface area contributed by atoms with E-state index in [0.29, 0.717) is 5.75 Å². The summed E-state index contributed by atoms with van der Waals surface area (Å²) in [6.45, 7) is 7.59. The first-order valence-corrected chi connectivity index (χ1v) is 9.21. The summed E-state index contributed by atoms with van der Waals surface area (Å²) in [5, 5.41) is 14.0. The lowest BCUT2D eigenvalue weighted by molar-refractivity contribution is -0.114. The molecule has 0 radical (unpaired) electrons. The number of benzene rings is 1. The second-order valence-corrected chi connectivity index (χ2v) is 8.41. The first-order valence-electron chi connectivity index (χ1n) is 7.34. The van der Waals surface area contributed by atoms with Crippen LogP contribution in [0.5, 0.6) is 0 Å². The molecule has 1 aromatic heterocycles. The van der Waals surface area contributed by atoms with Gasteiger partial charge >= 0.3 is 0 Å². The van der Waals surface area contributed by atoms with Gasteiger partial charge in [-0.25, -0.2) is 0 Å². The number of aromatic nitrogens is 1. The summed E-state index contributed by atoms with van der Waals surface area (Å²) in [7, 11) is 0. The lowest BCUT2D eigenvalue weighted by Gasteiger charge is -2.39. The van der Waals surface area contributed by atoms with E-state index >= 15 is 0 Å². The summed E-state index contributed by atoms with van der Waals surface area (Å²) in [6.07, 6.45) is 1.75. The number of carbonyl (C=O) groups excluding carboxylic acids is 1. The summed E-state index contributed by atoms with van der Waals surface area (Å²) in [6, 6.07) is 7.64. The highest BCUT2D eigenvalue weighted by Crippen LogP contribution is 2.44. The van der Waals surface area contributed by atoms with E-state index in [-0.39, 0.29) is 11.3 Å². The third-order valence-corrected chi connectivity index (χ3v) is 5.79. The fourth-order valence-corrected chi connectivity index (χ4v) is 4.42. The van der Waals surface area contributed by atoms with Crippen LogP contribution in [0, 0.1) is 5.41 Å². The molecule has 0 saturated carbocycles. The monoisotopic (exact) mass is 350 g/mol. The van der Waals surface area contributed by atoms with Gasteiger partial charge in [0, 0.05) is 29.5 Å². The van der Waals surface area contributed by atoms with Crippen molar-refractivity contribution in [1.82, 2.24) is 4.98 Å². The van der Waals surface area contributed by atoms with Gasteiger partial charge in [-0.2, -0.15) is 0 Å². The van der Waals surface area contributed by atoms with Crippen LogP contribution in [0.25, 0.3) is 0 Å². The average Bonchev–Trinajstić information content (AvgIpc) is 2.99. The van der Waals surface area contributed by atoms with Crippen molar-refractivity contribution in [2.24, 2.45) is 5.41 Å². The lowest BCUT2D eigenvalue weighted by Crippen LogP contribution is -2.41. The Morgan fingerprint density at radius 2 is 1.96 bits per heavy atom. The van der Waals surface area contributed by atoms with Crippen molar-refractivity contribution < 1.29 is 9.90 Å². The van der Waals surface area contributed by atoms with Crippen LogP contribution in [0.4, 0.5) is 5.69 Å². The number of thiazole rings is 1. The number of anilines is 1. The zero-order chi connectivity index (χ0) is 17.1. The third kappa shape index (κ3) is 4.34. The second-order valence-electron chi connectivity index (χ2n) is 6.47. The van der Waals surface area contributed by atoms with Crippen molar-refractivity contribution in [3.05, 3.63) is 40.8 Å². The smallest absolute Gasteiger partial charge is 0.221 e. The number of nitrogens with one attached hydrogen (secondary N) is 1. The highest BCUT2D eigenvalue weighted by molar-refractivity contribution is 7.99. The molecule has 1 amide bonds. The van der Waals surface area contributed by atoms with Gasteiger partial charge in [-0.3, -0.25) is 9.78 Å². The van der Waals surface area contributed by atoms with E-state index in [9.17, 15) is 9.90 Å². The Balaban J connectivity index is 2.12. The van der Waals surface area contributed by atoms with Crippen LogP contribution in [-0.2, 0) is 10.4 Å². The van der Waals surface area contributed by atoms with Crippen molar-refractivity contribution in [1.29, 1.82) is 0 Å². The summed E-state index contributed by atoms with van der Waals surface area (Å²) >= 11 is 3.08. The number of nitrogens with zero attached hydrogens (tertiary/aromatic N) is 1. The largest absolute Gasteiger partial charge is 0.383 e. The van der Waals surface area contributed by atoms with Gasteiger partial charge in [0.1, 0.15) is 5.60 Å². The van der Waals surface area contributed by atoms with Crippen LogP contribution in [0.3, 0.4) is 0 Å². The molecular weight excluding hydrogens is 328 g/mol. The fraction of sp³-hybridized carbons (Fsp3) is 0.412. The van der Waals surface area contributed by atoms with Gasteiger partial charge in [-0.1, -0.05) is 20.8 Å². The van der Waals surface area contributed by atoms with Crippen LogP contribution >= 0.6 is 23.1 Å². The van der Waals surface area contributed by atoms with Crippen LogP contribution in [0.2, 0.25) is 0 Å². The van der Waals surface area contributed by atoms with Crippen molar-refractivity contribution in [3.8, 4) is 0 Å². The quantitative estimate of drug-likeness (QED) is 0.796. The normalized spacial score (nSPS) is 14.3. The molecule has 1 unspecified atom stereocenters. The number of aliphatic hydroxyl groups is 1. The second kappa shape index (κ2) is 7.03. The Morgan fingerprint density at radius 3 is 2.43 bits per heavy atom. The van der Waals surface area contributed by atoms with E-state index in [2.05, 4.69) is 10.3 Å². The zero-order valence-corrected chi connectivity index (χ0v) is 15.4. The number of carbonyl (C=O) groups is 1. The van der Waals surface area contributed by atoms with Gasteiger partial charge in [-0.15, -0.1) is 23.1 Å². The maximum Gasteiger partial charge on any atom is 0.221 e. The predicted molar refractivity (Wildman–Crippen MR) is 96.9 cm³/mol. The van der Waals surface area contributed by atoms with Gasteiger partial charge in [0.15, 0.2) is 0 Å². The van der Waals surface area contributed by atoms with Gasteiger partial charge in [0.2, 0.25) is 5.91 Å². The fourth-order valence-electron chi connectivity index (χ4n) is 2.10. The molecule has 0 aliphatic carbocycles. The highest BCUT2D eigenvalue weighted by atomic mass is 32.2. The molecule has 0 saturated heterocycles. The molecule has 4 nitrogen and oxygen atoms in total. The average molecular weight is 351 g/mol. The number of hydrogen-bond acceptors (Lipinski definition) is 5. The summed E-state index contributed by atoms with van der Waals surface area (Å²) in [5.74, 6) is 0.454. The van der Waals surface area contributed by atoms with E-state index in [4.69, 9.17) is 0 Å².